The second-order valence-corrected chi connectivity index (χ2v) is 5.89. The van der Waals surface area contributed by atoms with Crippen LogP contribution in [0.5, 0.6) is 0 Å². The summed E-state index contributed by atoms with van der Waals surface area (Å²) in [6, 6.07) is 12.5. The zero-order valence-corrected chi connectivity index (χ0v) is 13.5. The van der Waals surface area contributed by atoms with Gasteiger partial charge in [0, 0.05) is 5.69 Å². The van der Waals surface area contributed by atoms with Crippen molar-refractivity contribution < 1.29 is 0 Å². The maximum atomic E-state index is 6.10. The highest BCUT2D eigenvalue weighted by atomic mass is 35.5. The second kappa shape index (κ2) is 6.51. The molecule has 0 aliphatic heterocycles. The monoisotopic (exact) mass is 307 g/mol. The van der Waals surface area contributed by atoms with Gasteiger partial charge in [-0.2, -0.15) is 0 Å². The highest BCUT2D eigenvalue weighted by Crippen LogP contribution is 2.29. The number of hydrogen-bond acceptors (Lipinski definition) is 1. The van der Waals surface area contributed by atoms with Crippen LogP contribution in [0.25, 0.3) is 0 Å². The molecule has 3 heteroatoms. The summed E-state index contributed by atoms with van der Waals surface area (Å²) in [6.45, 7) is 6.40. The minimum atomic E-state index is 0.229. The second-order valence-electron chi connectivity index (χ2n) is 5.08. The van der Waals surface area contributed by atoms with Gasteiger partial charge >= 0.3 is 0 Å². The highest BCUT2D eigenvalue weighted by Gasteiger charge is 2.11. The summed E-state index contributed by atoms with van der Waals surface area (Å²) in [5.74, 6) is 0. The molecule has 0 fully saturated rings. The quantitative estimate of drug-likeness (QED) is 0.711. The van der Waals surface area contributed by atoms with Gasteiger partial charge in [-0.05, 0) is 61.2 Å². The van der Waals surface area contributed by atoms with Gasteiger partial charge in [0.25, 0.3) is 0 Å². The SMILES string of the molecule is CCC(Nc1ccc(C)c(C)c1)c1ccc(Cl)c(Cl)c1. The van der Waals surface area contributed by atoms with Crippen LogP contribution in [-0.4, -0.2) is 0 Å². The van der Waals surface area contributed by atoms with Crippen molar-refractivity contribution in [3.05, 3.63) is 63.1 Å². The van der Waals surface area contributed by atoms with Crippen molar-refractivity contribution in [3.8, 4) is 0 Å². The molecule has 0 amide bonds. The van der Waals surface area contributed by atoms with Crippen molar-refractivity contribution in [1.82, 2.24) is 0 Å². The number of benzene rings is 2. The largest absolute Gasteiger partial charge is 0.378 e. The summed E-state index contributed by atoms with van der Waals surface area (Å²) in [7, 11) is 0. The summed E-state index contributed by atoms with van der Waals surface area (Å²) >= 11 is 12.1. The van der Waals surface area contributed by atoms with Crippen molar-refractivity contribution in [2.75, 3.05) is 5.32 Å². The van der Waals surface area contributed by atoms with Crippen molar-refractivity contribution in [2.24, 2.45) is 0 Å². The van der Waals surface area contributed by atoms with Crippen LogP contribution in [0.3, 0.4) is 0 Å². The van der Waals surface area contributed by atoms with Crippen LogP contribution in [0.4, 0.5) is 5.69 Å². The molecule has 1 nitrogen and oxygen atoms in total. The Labute approximate surface area is 130 Å². The zero-order valence-electron chi connectivity index (χ0n) is 12.0. The van der Waals surface area contributed by atoms with E-state index < -0.39 is 0 Å². The molecule has 20 heavy (non-hydrogen) atoms. The molecule has 0 heterocycles. The molecule has 1 N–H and O–H groups in total. The van der Waals surface area contributed by atoms with Gasteiger partial charge in [-0.1, -0.05) is 42.3 Å². The third kappa shape index (κ3) is 3.47. The fraction of sp³-hybridized carbons (Fsp3) is 0.294. The van der Waals surface area contributed by atoms with Crippen molar-refractivity contribution in [2.45, 2.75) is 33.2 Å². The van der Waals surface area contributed by atoms with Gasteiger partial charge in [0.2, 0.25) is 0 Å². The number of nitrogens with one attached hydrogen (secondary N) is 1. The molecule has 0 aromatic heterocycles. The van der Waals surface area contributed by atoms with Gasteiger partial charge in [0.1, 0.15) is 0 Å². The molecule has 0 saturated heterocycles. The standard InChI is InChI=1S/C17H19Cl2N/c1-4-17(13-6-8-15(18)16(19)10-13)20-14-7-5-11(2)12(3)9-14/h5-10,17,20H,4H2,1-3H3. The molecular formula is C17H19Cl2N. The Morgan fingerprint density at radius 3 is 2.30 bits per heavy atom. The van der Waals surface area contributed by atoms with Gasteiger partial charge < -0.3 is 5.32 Å². The van der Waals surface area contributed by atoms with Crippen LogP contribution in [-0.2, 0) is 0 Å². The molecule has 2 aromatic carbocycles. The minimum absolute atomic E-state index is 0.229. The smallest absolute Gasteiger partial charge is 0.0595 e. The Morgan fingerprint density at radius 1 is 0.950 bits per heavy atom. The topological polar surface area (TPSA) is 12.0 Å². The summed E-state index contributed by atoms with van der Waals surface area (Å²) in [5.41, 5.74) is 4.88. The molecular weight excluding hydrogens is 289 g/mol. The molecule has 0 aliphatic carbocycles. The Bertz CT molecular complexity index is 608. The van der Waals surface area contributed by atoms with E-state index in [4.69, 9.17) is 23.2 Å². The van der Waals surface area contributed by atoms with E-state index in [1.165, 1.54) is 11.1 Å². The van der Waals surface area contributed by atoms with E-state index in [-0.39, 0.29) is 6.04 Å². The first-order valence-electron chi connectivity index (χ1n) is 6.80. The number of aryl methyl sites for hydroxylation is 2. The molecule has 2 rings (SSSR count). The lowest BCUT2D eigenvalue weighted by Crippen LogP contribution is -2.09. The van der Waals surface area contributed by atoms with E-state index in [1.807, 2.05) is 18.2 Å². The maximum absolute atomic E-state index is 6.10. The maximum Gasteiger partial charge on any atom is 0.0595 e. The molecule has 0 aliphatic rings. The molecule has 1 atom stereocenters. The summed E-state index contributed by atoms with van der Waals surface area (Å²) in [5, 5.41) is 4.75. The highest BCUT2D eigenvalue weighted by molar-refractivity contribution is 6.42. The fourth-order valence-electron chi connectivity index (χ4n) is 2.18. The first kappa shape index (κ1) is 15.2. The lowest BCUT2D eigenvalue weighted by molar-refractivity contribution is 0.749. The van der Waals surface area contributed by atoms with Gasteiger partial charge in [0.05, 0.1) is 16.1 Å². The Hall–Kier alpha value is -1.18. The van der Waals surface area contributed by atoms with Crippen molar-refractivity contribution >= 4 is 28.9 Å². The normalized spacial score (nSPS) is 12.2. The Kier molecular flexibility index (Phi) is 4.95. The predicted octanol–water partition coefficient (Wildman–Crippen LogP) is 6.17. The lowest BCUT2D eigenvalue weighted by Gasteiger charge is -2.20. The average molecular weight is 308 g/mol. The number of rotatable bonds is 4. The van der Waals surface area contributed by atoms with E-state index in [2.05, 4.69) is 44.3 Å². The molecule has 0 radical (unpaired) electrons. The van der Waals surface area contributed by atoms with Crippen molar-refractivity contribution in [1.29, 1.82) is 0 Å². The van der Waals surface area contributed by atoms with Gasteiger partial charge in [-0.25, -0.2) is 0 Å². The molecule has 106 valence electrons. The van der Waals surface area contributed by atoms with Crippen molar-refractivity contribution in [3.63, 3.8) is 0 Å². The third-order valence-corrected chi connectivity index (χ3v) is 4.34. The Morgan fingerprint density at radius 2 is 1.70 bits per heavy atom. The third-order valence-electron chi connectivity index (χ3n) is 3.60. The first-order chi connectivity index (χ1) is 9.51. The number of halogens is 2. The minimum Gasteiger partial charge on any atom is -0.378 e. The van der Waals surface area contributed by atoms with Crippen LogP contribution < -0.4 is 5.32 Å². The van der Waals surface area contributed by atoms with Crippen LogP contribution in [0.1, 0.15) is 36.1 Å². The summed E-state index contributed by atoms with van der Waals surface area (Å²) in [4.78, 5) is 0. The van der Waals surface area contributed by atoms with Crippen LogP contribution in [0.15, 0.2) is 36.4 Å². The molecule has 0 spiro atoms. The van der Waals surface area contributed by atoms with E-state index in [1.54, 1.807) is 0 Å². The fourth-order valence-corrected chi connectivity index (χ4v) is 2.49. The van der Waals surface area contributed by atoms with E-state index >= 15 is 0 Å². The molecule has 2 aromatic rings. The first-order valence-corrected chi connectivity index (χ1v) is 7.55. The average Bonchev–Trinajstić information content (AvgIpc) is 2.43. The molecule has 0 bridgehead atoms. The van der Waals surface area contributed by atoms with E-state index in [0.717, 1.165) is 17.7 Å². The van der Waals surface area contributed by atoms with E-state index in [0.29, 0.717) is 10.0 Å². The van der Waals surface area contributed by atoms with Gasteiger partial charge in [0.15, 0.2) is 0 Å². The van der Waals surface area contributed by atoms with Gasteiger partial charge in [-0.15, -0.1) is 0 Å². The predicted molar refractivity (Wildman–Crippen MR) is 89.0 cm³/mol. The van der Waals surface area contributed by atoms with E-state index in [9.17, 15) is 0 Å². The van der Waals surface area contributed by atoms with Crippen LogP contribution in [0, 0.1) is 13.8 Å². The summed E-state index contributed by atoms with van der Waals surface area (Å²) < 4.78 is 0. The zero-order chi connectivity index (χ0) is 14.7. The molecule has 1 unspecified atom stereocenters. The van der Waals surface area contributed by atoms with Gasteiger partial charge in [-0.3, -0.25) is 0 Å². The summed E-state index contributed by atoms with van der Waals surface area (Å²) in [6.07, 6.45) is 0.977. The number of anilines is 1. The van der Waals surface area contributed by atoms with Crippen LogP contribution in [0.2, 0.25) is 10.0 Å². The van der Waals surface area contributed by atoms with Crippen LogP contribution >= 0.6 is 23.2 Å². The molecule has 0 saturated carbocycles. The number of hydrogen-bond donors (Lipinski definition) is 1. The lowest BCUT2D eigenvalue weighted by atomic mass is 10.0. The Balaban J connectivity index is 2.23.